The molecule has 2 atom stereocenters. The molecule has 0 aliphatic carbocycles. The molecule has 1 aliphatic rings. The first kappa shape index (κ1) is 15.1. The molecule has 2 unspecified atom stereocenters. The van der Waals surface area contributed by atoms with Crippen LogP contribution >= 0.6 is 23.4 Å². The summed E-state index contributed by atoms with van der Waals surface area (Å²) in [5.74, 6) is 0.463. The fourth-order valence-electron chi connectivity index (χ4n) is 2.11. The van der Waals surface area contributed by atoms with Gasteiger partial charge in [0.05, 0.1) is 4.92 Å². The molecule has 2 rings (SSSR count). The number of nitrogens with zero attached hydrogens (tertiary/aromatic N) is 3. The predicted molar refractivity (Wildman–Crippen MR) is 78.3 cm³/mol. The third-order valence-electron chi connectivity index (χ3n) is 3.42. The minimum absolute atomic E-state index is 0.000880. The zero-order valence-corrected chi connectivity index (χ0v) is 12.6. The van der Waals surface area contributed by atoms with Crippen molar-refractivity contribution in [3.8, 4) is 0 Å². The van der Waals surface area contributed by atoms with E-state index in [-0.39, 0.29) is 28.4 Å². The molecule has 20 heavy (non-hydrogen) atoms. The van der Waals surface area contributed by atoms with Crippen LogP contribution in [0.1, 0.15) is 24.2 Å². The van der Waals surface area contributed by atoms with E-state index in [4.69, 9.17) is 11.6 Å². The van der Waals surface area contributed by atoms with Crippen LogP contribution in [-0.2, 0) is 0 Å². The molecule has 0 radical (unpaired) electrons. The van der Waals surface area contributed by atoms with Gasteiger partial charge in [-0.3, -0.25) is 14.9 Å². The molecule has 6 nitrogen and oxygen atoms in total. The molecule has 8 heteroatoms. The molecule has 108 valence electrons. The Hall–Kier alpha value is -1.34. The highest BCUT2D eigenvalue weighted by molar-refractivity contribution is 8.00. The molecule has 1 aromatic heterocycles. The van der Waals surface area contributed by atoms with Gasteiger partial charge in [0.15, 0.2) is 0 Å². The predicted octanol–water partition coefficient (Wildman–Crippen LogP) is 2.61. The number of hydrogen-bond donors (Lipinski definition) is 0. The van der Waals surface area contributed by atoms with Gasteiger partial charge in [0, 0.05) is 23.6 Å². The van der Waals surface area contributed by atoms with Gasteiger partial charge < -0.3 is 4.90 Å². The van der Waals surface area contributed by atoms with Crippen molar-refractivity contribution in [1.82, 2.24) is 9.88 Å². The minimum Gasteiger partial charge on any atom is -0.334 e. The number of rotatable bonds is 2. The molecule has 1 amide bonds. The van der Waals surface area contributed by atoms with Crippen LogP contribution in [0.5, 0.6) is 0 Å². The summed E-state index contributed by atoms with van der Waals surface area (Å²) in [6.45, 7) is 4.57. The summed E-state index contributed by atoms with van der Waals surface area (Å²) in [5, 5.41) is 11.4. The highest BCUT2D eigenvalue weighted by Gasteiger charge is 2.33. The van der Waals surface area contributed by atoms with Gasteiger partial charge in [-0.15, -0.1) is 0 Å². The van der Waals surface area contributed by atoms with E-state index in [1.54, 1.807) is 16.7 Å². The zero-order chi connectivity index (χ0) is 14.9. The molecule has 0 spiro atoms. The lowest BCUT2D eigenvalue weighted by atomic mass is 10.1. The fourth-order valence-corrected chi connectivity index (χ4v) is 3.37. The van der Waals surface area contributed by atoms with E-state index in [2.05, 4.69) is 4.98 Å². The number of amides is 1. The summed E-state index contributed by atoms with van der Waals surface area (Å²) in [4.78, 5) is 28.3. The average Bonchev–Trinajstić information content (AvgIpc) is 2.40. The van der Waals surface area contributed by atoms with Gasteiger partial charge >= 0.3 is 0 Å². The van der Waals surface area contributed by atoms with Crippen LogP contribution in [0, 0.1) is 10.1 Å². The van der Waals surface area contributed by atoms with Gasteiger partial charge in [-0.05, 0) is 13.0 Å². The van der Waals surface area contributed by atoms with E-state index in [1.807, 2.05) is 13.8 Å². The molecule has 1 fully saturated rings. The van der Waals surface area contributed by atoms with E-state index < -0.39 is 4.92 Å². The number of pyridine rings is 1. The van der Waals surface area contributed by atoms with Crippen LogP contribution in [0.3, 0.4) is 0 Å². The Labute approximate surface area is 125 Å². The van der Waals surface area contributed by atoms with E-state index >= 15 is 0 Å². The van der Waals surface area contributed by atoms with Gasteiger partial charge in [0.2, 0.25) is 0 Å². The number of hydrogen-bond acceptors (Lipinski definition) is 5. The topological polar surface area (TPSA) is 76.3 Å². The summed E-state index contributed by atoms with van der Waals surface area (Å²) in [6.07, 6.45) is 1.03. The average molecular weight is 316 g/mol. The molecule has 1 saturated heterocycles. The Morgan fingerprint density at radius 1 is 1.60 bits per heavy atom. The van der Waals surface area contributed by atoms with Crippen molar-refractivity contribution in [2.24, 2.45) is 0 Å². The van der Waals surface area contributed by atoms with Crippen molar-refractivity contribution >= 4 is 35.0 Å². The third-order valence-corrected chi connectivity index (χ3v) is 4.97. The van der Waals surface area contributed by atoms with E-state index in [0.29, 0.717) is 11.8 Å². The second-order valence-electron chi connectivity index (χ2n) is 4.60. The van der Waals surface area contributed by atoms with Crippen LogP contribution in [0.25, 0.3) is 0 Å². The van der Waals surface area contributed by atoms with Crippen molar-refractivity contribution in [1.29, 1.82) is 0 Å². The normalized spacial score (nSPS) is 22.6. The van der Waals surface area contributed by atoms with Crippen LogP contribution in [0.15, 0.2) is 12.3 Å². The molecule has 0 bridgehead atoms. The Kier molecular flexibility index (Phi) is 4.49. The number of halogens is 1. The largest absolute Gasteiger partial charge is 0.334 e. The number of nitro groups is 1. The standard InChI is InChI=1S/C12H14ClN3O3S/c1-7-8(2)20-4-3-15(7)12(17)9-5-11(13)14-6-10(9)16(18)19/h5-8H,3-4H2,1-2H3. The number of carbonyl (C=O) groups excluding carboxylic acids is 1. The van der Waals surface area contributed by atoms with Crippen molar-refractivity contribution < 1.29 is 9.72 Å². The smallest absolute Gasteiger partial charge is 0.300 e. The Bertz CT molecular complexity index is 555. The second kappa shape index (κ2) is 5.97. The highest BCUT2D eigenvalue weighted by atomic mass is 35.5. The van der Waals surface area contributed by atoms with Gasteiger partial charge in [-0.25, -0.2) is 4.98 Å². The third kappa shape index (κ3) is 2.88. The Morgan fingerprint density at radius 3 is 2.95 bits per heavy atom. The lowest BCUT2D eigenvalue weighted by Crippen LogP contribution is -2.48. The second-order valence-corrected chi connectivity index (χ2v) is 6.47. The summed E-state index contributed by atoms with van der Waals surface area (Å²) < 4.78 is 0. The van der Waals surface area contributed by atoms with E-state index in [9.17, 15) is 14.9 Å². The highest BCUT2D eigenvalue weighted by Crippen LogP contribution is 2.28. The number of carbonyl (C=O) groups is 1. The Balaban J connectivity index is 2.37. The first-order chi connectivity index (χ1) is 9.41. The summed E-state index contributed by atoms with van der Waals surface area (Å²) >= 11 is 7.55. The molecule has 0 N–H and O–H groups in total. The lowest BCUT2D eigenvalue weighted by Gasteiger charge is -2.37. The van der Waals surface area contributed by atoms with Gasteiger partial charge in [-0.2, -0.15) is 11.8 Å². The monoisotopic (exact) mass is 315 g/mol. The molecular formula is C12H14ClN3O3S. The lowest BCUT2D eigenvalue weighted by molar-refractivity contribution is -0.385. The van der Waals surface area contributed by atoms with Crippen LogP contribution < -0.4 is 0 Å². The van der Waals surface area contributed by atoms with E-state index in [0.717, 1.165) is 11.9 Å². The quantitative estimate of drug-likeness (QED) is 0.476. The molecule has 2 heterocycles. The first-order valence-corrected chi connectivity index (χ1v) is 7.57. The first-order valence-electron chi connectivity index (χ1n) is 6.14. The summed E-state index contributed by atoms with van der Waals surface area (Å²) in [6, 6.07) is 1.29. The summed E-state index contributed by atoms with van der Waals surface area (Å²) in [7, 11) is 0. The van der Waals surface area contributed by atoms with Gasteiger partial charge in [0.25, 0.3) is 11.6 Å². The van der Waals surface area contributed by atoms with E-state index in [1.165, 1.54) is 6.07 Å². The van der Waals surface area contributed by atoms with Crippen LogP contribution in [0.4, 0.5) is 5.69 Å². The van der Waals surface area contributed by atoms with Gasteiger partial charge in [-0.1, -0.05) is 18.5 Å². The number of thioether (sulfide) groups is 1. The fraction of sp³-hybridized carbons (Fsp3) is 0.500. The maximum Gasteiger partial charge on any atom is 0.300 e. The van der Waals surface area contributed by atoms with Crippen molar-refractivity contribution in [2.45, 2.75) is 25.1 Å². The maximum absolute atomic E-state index is 12.6. The van der Waals surface area contributed by atoms with Crippen molar-refractivity contribution in [3.05, 3.63) is 33.1 Å². The summed E-state index contributed by atoms with van der Waals surface area (Å²) in [5.41, 5.74) is -0.307. The minimum atomic E-state index is -0.608. The van der Waals surface area contributed by atoms with Crippen molar-refractivity contribution in [3.63, 3.8) is 0 Å². The van der Waals surface area contributed by atoms with Crippen molar-refractivity contribution in [2.75, 3.05) is 12.3 Å². The van der Waals surface area contributed by atoms with Crippen LogP contribution in [0.2, 0.25) is 5.15 Å². The van der Waals surface area contributed by atoms with Crippen LogP contribution in [-0.4, -0.2) is 44.3 Å². The molecular weight excluding hydrogens is 302 g/mol. The SMILES string of the molecule is CC1SCCN(C(=O)c2cc(Cl)ncc2[N+](=O)[O-])C1C. The molecule has 0 saturated carbocycles. The van der Waals surface area contributed by atoms with Gasteiger partial charge in [0.1, 0.15) is 16.9 Å². The Morgan fingerprint density at radius 2 is 2.30 bits per heavy atom. The number of aromatic nitrogens is 1. The molecule has 1 aromatic rings. The molecule has 0 aromatic carbocycles. The molecule has 1 aliphatic heterocycles. The maximum atomic E-state index is 12.6. The zero-order valence-electron chi connectivity index (χ0n) is 11.1.